The predicted octanol–water partition coefficient (Wildman–Crippen LogP) is 3.39. The molecule has 0 radical (unpaired) electrons. The van der Waals surface area contributed by atoms with Crippen molar-refractivity contribution < 1.29 is 0 Å². The normalized spacial score (nSPS) is 12.2. The summed E-state index contributed by atoms with van der Waals surface area (Å²) in [7, 11) is -1.31. The van der Waals surface area contributed by atoms with E-state index in [9.17, 15) is 0 Å². The Balaban J connectivity index is 4.51. The van der Waals surface area contributed by atoms with Crippen LogP contribution >= 0.6 is 15.9 Å². The van der Waals surface area contributed by atoms with Crippen molar-refractivity contribution in [3.05, 3.63) is 0 Å². The second-order valence-corrected chi connectivity index (χ2v) is 9.49. The zero-order valence-electron chi connectivity index (χ0n) is 7.38. The van der Waals surface area contributed by atoms with Gasteiger partial charge in [0.05, 0.1) is 0 Å². The van der Waals surface area contributed by atoms with Gasteiger partial charge in [0.2, 0.25) is 0 Å². The highest BCUT2D eigenvalue weighted by Crippen LogP contribution is 2.35. The van der Waals surface area contributed by atoms with Gasteiger partial charge in [-0.05, 0) is 9.87 Å². The fourth-order valence-electron chi connectivity index (χ4n) is 0.306. The molecule has 2 heteroatoms. The van der Waals surface area contributed by atoms with Crippen LogP contribution in [0.1, 0.15) is 20.8 Å². The first-order valence-corrected chi connectivity index (χ1v) is 7.23. The molecule has 0 heterocycles. The van der Waals surface area contributed by atoms with E-state index >= 15 is 0 Å². The largest absolute Gasteiger partial charge is 0.138 e. The topological polar surface area (TPSA) is 0 Å². The molecule has 0 aliphatic rings. The summed E-state index contributed by atoms with van der Waals surface area (Å²) < 4.78 is 0. The molecule has 0 bridgehead atoms. The molecule has 0 N–H and O–H groups in total. The Labute approximate surface area is 73.5 Å². The van der Waals surface area contributed by atoms with Gasteiger partial charge >= 0.3 is 0 Å². The number of halogens is 1. The van der Waals surface area contributed by atoms with Crippen molar-refractivity contribution in [1.29, 1.82) is 0 Å². The maximum Gasteiger partial charge on any atom is 0.138 e. The first-order valence-electron chi connectivity index (χ1n) is 3.44. The molecule has 0 saturated heterocycles. The van der Waals surface area contributed by atoms with Gasteiger partial charge in [-0.3, -0.25) is 0 Å². The molecule has 0 aromatic carbocycles. The molecule has 0 fully saturated rings. The van der Waals surface area contributed by atoms with Gasteiger partial charge in [0, 0.05) is 15.9 Å². The third kappa shape index (κ3) is 2.47. The minimum absolute atomic E-state index is 0.383. The van der Waals surface area contributed by atoms with Gasteiger partial charge < -0.3 is 0 Å². The highest BCUT2D eigenvalue weighted by molar-refractivity contribution is 9.12. The average molecular weight is 219 g/mol. The van der Waals surface area contributed by atoms with Gasteiger partial charge in [-0.2, -0.15) is 0 Å². The van der Waals surface area contributed by atoms with Crippen molar-refractivity contribution in [2.45, 2.75) is 38.9 Å². The molecule has 10 heavy (non-hydrogen) atoms. The Morgan fingerprint density at radius 2 is 1.60 bits per heavy atom. The highest BCUT2D eigenvalue weighted by Gasteiger charge is 2.33. The van der Waals surface area contributed by atoms with Gasteiger partial charge in [0.15, 0.2) is 0 Å². The summed E-state index contributed by atoms with van der Waals surface area (Å²) in [4.78, 5) is 2.84. The molecule has 0 aliphatic carbocycles. The third-order valence-corrected chi connectivity index (χ3v) is 7.30. The van der Waals surface area contributed by atoms with Crippen LogP contribution in [-0.2, 0) is 0 Å². The summed E-state index contributed by atoms with van der Waals surface area (Å²) >= 11 is 3.15. The van der Waals surface area contributed by atoms with E-state index in [1.54, 1.807) is 0 Å². The van der Waals surface area contributed by atoms with Gasteiger partial charge in [-0.1, -0.05) is 33.9 Å². The van der Waals surface area contributed by atoms with E-state index in [1.807, 2.05) is 0 Å². The SMILES string of the molecule is CC(C)(C)[Si](C)(C)C#CBr. The maximum atomic E-state index is 3.27. The first kappa shape index (κ1) is 10.3. The van der Waals surface area contributed by atoms with E-state index in [4.69, 9.17) is 0 Å². The molecule has 0 aromatic rings. The minimum Gasteiger partial charge on any atom is -0.119 e. The van der Waals surface area contributed by atoms with Gasteiger partial charge in [0.25, 0.3) is 0 Å². The molecular formula is C8H15BrSi. The van der Waals surface area contributed by atoms with Crippen molar-refractivity contribution in [3.63, 3.8) is 0 Å². The van der Waals surface area contributed by atoms with Gasteiger partial charge in [-0.25, -0.2) is 0 Å². The smallest absolute Gasteiger partial charge is 0.119 e. The minimum atomic E-state index is -1.31. The predicted molar refractivity (Wildman–Crippen MR) is 53.9 cm³/mol. The third-order valence-electron chi connectivity index (χ3n) is 2.23. The molecule has 0 aromatic heterocycles. The Kier molecular flexibility index (Phi) is 3.18. The summed E-state index contributed by atoms with van der Waals surface area (Å²) in [6, 6.07) is 0. The fraction of sp³-hybridized carbons (Fsp3) is 0.750. The van der Waals surface area contributed by atoms with E-state index in [2.05, 4.69) is 60.2 Å². The fourth-order valence-corrected chi connectivity index (χ4v) is 2.40. The molecule has 58 valence electrons. The second kappa shape index (κ2) is 3.10. The van der Waals surface area contributed by atoms with Crippen LogP contribution in [0.25, 0.3) is 0 Å². The van der Waals surface area contributed by atoms with Gasteiger partial charge in [-0.15, -0.1) is 5.54 Å². The van der Waals surface area contributed by atoms with Crippen LogP contribution in [-0.4, -0.2) is 8.07 Å². The second-order valence-electron chi connectivity index (χ2n) is 4.09. The molecule has 0 spiro atoms. The Morgan fingerprint density at radius 3 is 1.70 bits per heavy atom. The summed E-state index contributed by atoms with van der Waals surface area (Å²) in [5.74, 6) is 0. The van der Waals surface area contributed by atoms with Crippen LogP contribution in [0.5, 0.6) is 0 Å². The van der Waals surface area contributed by atoms with E-state index in [0.29, 0.717) is 5.04 Å². The van der Waals surface area contributed by atoms with Crippen LogP contribution < -0.4 is 0 Å². The lowest BCUT2D eigenvalue weighted by molar-refractivity contribution is 0.731. The summed E-state index contributed by atoms with van der Waals surface area (Å²) in [5, 5.41) is 0.383. The van der Waals surface area contributed by atoms with E-state index in [1.165, 1.54) is 0 Å². The van der Waals surface area contributed by atoms with Crippen LogP contribution in [0.3, 0.4) is 0 Å². The van der Waals surface area contributed by atoms with Crippen LogP contribution in [0.2, 0.25) is 18.1 Å². The maximum absolute atomic E-state index is 3.27. The van der Waals surface area contributed by atoms with E-state index < -0.39 is 8.07 Å². The van der Waals surface area contributed by atoms with E-state index in [0.717, 1.165) is 0 Å². The molecular weight excluding hydrogens is 204 g/mol. The number of hydrogen-bond donors (Lipinski definition) is 0. The number of hydrogen-bond acceptors (Lipinski definition) is 0. The van der Waals surface area contributed by atoms with E-state index in [-0.39, 0.29) is 0 Å². The molecule has 0 nitrogen and oxygen atoms in total. The van der Waals surface area contributed by atoms with Crippen molar-refractivity contribution in [2.75, 3.05) is 0 Å². The van der Waals surface area contributed by atoms with Crippen LogP contribution in [0.15, 0.2) is 0 Å². The lowest BCUT2D eigenvalue weighted by Gasteiger charge is -2.31. The summed E-state index contributed by atoms with van der Waals surface area (Å²) in [6.45, 7) is 11.4. The lowest BCUT2D eigenvalue weighted by Crippen LogP contribution is -2.35. The molecule has 0 unspecified atom stereocenters. The standard InChI is InChI=1S/C8H15BrSi/c1-8(2,3)10(4,5)7-6-9/h1-5H3. The Hall–Kier alpha value is 0.257. The molecule has 0 amide bonds. The van der Waals surface area contributed by atoms with Crippen molar-refractivity contribution in [3.8, 4) is 10.4 Å². The number of rotatable bonds is 0. The van der Waals surface area contributed by atoms with Gasteiger partial charge in [0.1, 0.15) is 8.07 Å². The molecule has 0 saturated carbocycles. The summed E-state index contributed by atoms with van der Waals surface area (Å²) in [5.41, 5.74) is 3.27. The monoisotopic (exact) mass is 218 g/mol. The van der Waals surface area contributed by atoms with Crippen LogP contribution in [0.4, 0.5) is 0 Å². The zero-order valence-corrected chi connectivity index (χ0v) is 9.96. The Bertz CT molecular complexity index is 166. The highest BCUT2D eigenvalue weighted by atomic mass is 79.9. The quantitative estimate of drug-likeness (QED) is 0.432. The average Bonchev–Trinajstić information content (AvgIpc) is 1.61. The van der Waals surface area contributed by atoms with Crippen molar-refractivity contribution in [1.82, 2.24) is 0 Å². The first-order chi connectivity index (χ1) is 4.31. The van der Waals surface area contributed by atoms with Crippen molar-refractivity contribution in [2.24, 2.45) is 0 Å². The molecule has 0 atom stereocenters. The lowest BCUT2D eigenvalue weighted by atomic mass is 10.2. The molecule has 0 aliphatic heterocycles. The zero-order chi connectivity index (χ0) is 8.41. The molecule has 0 rings (SSSR count). The Morgan fingerprint density at radius 1 is 1.20 bits per heavy atom. The summed E-state index contributed by atoms with van der Waals surface area (Å²) in [6.07, 6.45) is 0. The van der Waals surface area contributed by atoms with Crippen molar-refractivity contribution >= 4 is 24.0 Å². The van der Waals surface area contributed by atoms with Crippen LogP contribution in [0, 0.1) is 10.4 Å².